The van der Waals surface area contributed by atoms with Gasteiger partial charge in [-0.1, -0.05) is 31.5 Å². The van der Waals surface area contributed by atoms with Crippen LogP contribution in [0.1, 0.15) is 30.2 Å². The summed E-state index contributed by atoms with van der Waals surface area (Å²) in [7, 11) is 0. The molecule has 110 valence electrons. The third kappa shape index (κ3) is 1.77. The zero-order valence-corrected chi connectivity index (χ0v) is 13.3. The Balaban J connectivity index is 2.18. The number of nitrogens with zero attached hydrogens (tertiary/aromatic N) is 1. The van der Waals surface area contributed by atoms with E-state index in [-0.39, 0.29) is 0 Å². The van der Waals surface area contributed by atoms with Gasteiger partial charge in [0.05, 0.1) is 11.0 Å². The number of fused-ring (bicyclic) bond motifs is 4. The number of hydrogen-bond acceptors (Lipinski definition) is 1. The minimum atomic E-state index is 1.09. The maximum atomic E-state index is 4.89. The maximum Gasteiger partial charge on any atom is 0.0754 e. The summed E-state index contributed by atoms with van der Waals surface area (Å²) in [4.78, 5) is 8.36. The highest BCUT2D eigenvalue weighted by Crippen LogP contribution is 2.36. The molecule has 0 aliphatic rings. The number of aryl methyl sites for hydroxylation is 3. The molecule has 2 aromatic heterocycles. The van der Waals surface area contributed by atoms with Crippen LogP contribution in [-0.4, -0.2) is 9.97 Å². The Morgan fingerprint density at radius 1 is 1.00 bits per heavy atom. The molecule has 2 nitrogen and oxygen atoms in total. The van der Waals surface area contributed by atoms with E-state index in [1.54, 1.807) is 0 Å². The molecule has 0 saturated heterocycles. The smallest absolute Gasteiger partial charge is 0.0754 e. The summed E-state index contributed by atoms with van der Waals surface area (Å²) in [6, 6.07) is 10.7. The van der Waals surface area contributed by atoms with Crippen LogP contribution in [0.3, 0.4) is 0 Å². The number of para-hydroxylation sites is 1. The largest absolute Gasteiger partial charge is 0.364 e. The average molecular weight is 288 g/mol. The molecule has 0 saturated carbocycles. The van der Waals surface area contributed by atoms with Crippen molar-refractivity contribution in [3.8, 4) is 0 Å². The van der Waals surface area contributed by atoms with Gasteiger partial charge in [-0.15, -0.1) is 0 Å². The summed E-state index contributed by atoms with van der Waals surface area (Å²) >= 11 is 0. The molecule has 0 aliphatic carbocycles. The Labute approximate surface area is 130 Å². The molecule has 4 aromatic rings. The van der Waals surface area contributed by atoms with Crippen LogP contribution >= 0.6 is 0 Å². The lowest BCUT2D eigenvalue weighted by Crippen LogP contribution is -1.93. The number of hydrogen-bond donors (Lipinski definition) is 1. The highest BCUT2D eigenvalue weighted by atomic mass is 14.7. The first kappa shape index (κ1) is 13.3. The highest BCUT2D eigenvalue weighted by Gasteiger charge is 2.14. The van der Waals surface area contributed by atoms with Crippen LogP contribution in [0.15, 0.2) is 36.5 Å². The molecule has 2 heteroatoms. The van der Waals surface area contributed by atoms with E-state index in [2.05, 4.69) is 62.3 Å². The van der Waals surface area contributed by atoms with Crippen molar-refractivity contribution in [3.05, 3.63) is 53.3 Å². The average Bonchev–Trinajstić information content (AvgIpc) is 2.93. The molecule has 0 fully saturated rings. The van der Waals surface area contributed by atoms with Gasteiger partial charge in [-0.25, -0.2) is 4.98 Å². The second-order valence-electron chi connectivity index (χ2n) is 6.14. The van der Waals surface area contributed by atoms with Gasteiger partial charge in [-0.3, -0.25) is 0 Å². The van der Waals surface area contributed by atoms with Crippen molar-refractivity contribution >= 4 is 32.6 Å². The lowest BCUT2D eigenvalue weighted by molar-refractivity contribution is 0.886. The van der Waals surface area contributed by atoms with Gasteiger partial charge in [0.1, 0.15) is 0 Å². The number of pyridine rings is 1. The monoisotopic (exact) mass is 288 g/mol. The minimum Gasteiger partial charge on any atom is -0.364 e. The summed E-state index contributed by atoms with van der Waals surface area (Å²) in [5.41, 5.74) is 6.16. The molecule has 1 N–H and O–H groups in total. The van der Waals surface area contributed by atoms with Crippen LogP contribution in [0.2, 0.25) is 0 Å². The zero-order valence-electron chi connectivity index (χ0n) is 13.3. The Bertz CT molecular complexity index is 1010. The normalized spacial score (nSPS) is 11.8. The number of aromatic nitrogens is 2. The van der Waals surface area contributed by atoms with Gasteiger partial charge in [-0.2, -0.15) is 0 Å². The van der Waals surface area contributed by atoms with E-state index in [0.29, 0.717) is 0 Å². The quantitative estimate of drug-likeness (QED) is 0.523. The minimum absolute atomic E-state index is 1.09. The first-order chi connectivity index (χ1) is 10.7. The SMILES string of the molecule is CCCc1cc2c(C)c3nc4ccccc4c3c(C)c2c[nH]1. The van der Waals surface area contributed by atoms with Crippen molar-refractivity contribution in [1.29, 1.82) is 0 Å². The zero-order chi connectivity index (χ0) is 15.3. The molecule has 0 amide bonds. The van der Waals surface area contributed by atoms with Crippen LogP contribution in [0.4, 0.5) is 0 Å². The number of benzene rings is 2. The number of rotatable bonds is 2. The van der Waals surface area contributed by atoms with E-state index < -0.39 is 0 Å². The van der Waals surface area contributed by atoms with E-state index in [1.807, 2.05) is 0 Å². The van der Waals surface area contributed by atoms with Gasteiger partial charge in [-0.05, 0) is 48.9 Å². The molecule has 4 rings (SSSR count). The topological polar surface area (TPSA) is 28.7 Å². The molecule has 22 heavy (non-hydrogen) atoms. The molecular weight excluding hydrogens is 268 g/mol. The fourth-order valence-electron chi connectivity index (χ4n) is 3.57. The second kappa shape index (κ2) is 4.84. The van der Waals surface area contributed by atoms with Crippen LogP contribution in [0.25, 0.3) is 32.6 Å². The summed E-state index contributed by atoms with van der Waals surface area (Å²) in [6.07, 6.45) is 4.41. The Hall–Kier alpha value is -2.35. The predicted octanol–water partition coefficient (Wildman–Crippen LogP) is 5.44. The Kier molecular flexibility index (Phi) is 2.93. The van der Waals surface area contributed by atoms with Crippen molar-refractivity contribution < 1.29 is 0 Å². The van der Waals surface area contributed by atoms with Crippen molar-refractivity contribution in [1.82, 2.24) is 9.97 Å². The van der Waals surface area contributed by atoms with Crippen molar-refractivity contribution in [3.63, 3.8) is 0 Å². The first-order valence-corrected chi connectivity index (χ1v) is 7.99. The van der Waals surface area contributed by atoms with Gasteiger partial charge in [0.25, 0.3) is 0 Å². The Morgan fingerprint density at radius 3 is 2.64 bits per heavy atom. The summed E-state index contributed by atoms with van der Waals surface area (Å²) in [5, 5.41) is 5.20. The van der Waals surface area contributed by atoms with Crippen LogP contribution in [-0.2, 0) is 6.42 Å². The standard InChI is InChI=1S/C20H20N2/c1-4-7-14-10-16-13(3)20-19(12(2)17(16)11-21-14)15-8-5-6-9-18(15)22-20/h5-6,8-11,21H,4,7H2,1-3H3. The molecule has 0 unspecified atom stereocenters. The summed E-state index contributed by atoms with van der Waals surface area (Å²) in [6.45, 7) is 6.63. The third-order valence-electron chi connectivity index (χ3n) is 4.71. The van der Waals surface area contributed by atoms with Gasteiger partial charge in [0, 0.05) is 28.0 Å². The molecule has 2 aromatic carbocycles. The molecule has 2 heterocycles. The molecule has 0 spiro atoms. The summed E-state index contributed by atoms with van der Waals surface area (Å²) < 4.78 is 0. The first-order valence-electron chi connectivity index (χ1n) is 7.99. The van der Waals surface area contributed by atoms with Gasteiger partial charge in [0.2, 0.25) is 0 Å². The molecule has 0 aliphatic heterocycles. The predicted molar refractivity (Wildman–Crippen MR) is 94.6 cm³/mol. The van der Waals surface area contributed by atoms with E-state index in [0.717, 1.165) is 23.9 Å². The highest BCUT2D eigenvalue weighted by molar-refractivity contribution is 6.16. The lowest BCUT2D eigenvalue weighted by atomic mass is 9.96. The number of H-pyrrole nitrogens is 1. The molecule has 0 atom stereocenters. The van der Waals surface area contributed by atoms with E-state index in [1.165, 1.54) is 38.4 Å². The maximum absolute atomic E-state index is 4.89. The Morgan fingerprint density at radius 2 is 1.82 bits per heavy atom. The molecule has 0 radical (unpaired) electrons. The van der Waals surface area contributed by atoms with Crippen LogP contribution in [0, 0.1) is 13.8 Å². The second-order valence-corrected chi connectivity index (χ2v) is 6.14. The number of aromatic amines is 1. The molecular formula is C20H20N2. The van der Waals surface area contributed by atoms with Gasteiger partial charge < -0.3 is 4.98 Å². The van der Waals surface area contributed by atoms with E-state index in [4.69, 9.17) is 4.98 Å². The van der Waals surface area contributed by atoms with Crippen molar-refractivity contribution in [2.75, 3.05) is 0 Å². The fourth-order valence-corrected chi connectivity index (χ4v) is 3.57. The van der Waals surface area contributed by atoms with Crippen molar-refractivity contribution in [2.45, 2.75) is 33.6 Å². The van der Waals surface area contributed by atoms with Crippen LogP contribution < -0.4 is 0 Å². The molecule has 0 bridgehead atoms. The van der Waals surface area contributed by atoms with Crippen LogP contribution in [0.5, 0.6) is 0 Å². The lowest BCUT2D eigenvalue weighted by Gasteiger charge is -2.11. The van der Waals surface area contributed by atoms with Gasteiger partial charge >= 0.3 is 0 Å². The van der Waals surface area contributed by atoms with E-state index in [9.17, 15) is 0 Å². The van der Waals surface area contributed by atoms with E-state index >= 15 is 0 Å². The third-order valence-corrected chi connectivity index (χ3v) is 4.71. The fraction of sp³-hybridized carbons (Fsp3) is 0.250. The number of nitrogens with one attached hydrogen (secondary N) is 1. The summed E-state index contributed by atoms with van der Waals surface area (Å²) in [5.74, 6) is 0. The van der Waals surface area contributed by atoms with Crippen molar-refractivity contribution in [2.24, 2.45) is 0 Å². The van der Waals surface area contributed by atoms with Gasteiger partial charge in [0.15, 0.2) is 0 Å².